The Morgan fingerprint density at radius 3 is 2.59 bits per heavy atom. The first kappa shape index (κ1) is 18.1. The first-order valence-electron chi connectivity index (χ1n) is 8.06. The minimum Gasteiger partial charge on any atom is -0.480 e. The van der Waals surface area contributed by atoms with Crippen molar-refractivity contribution >= 4 is 11.6 Å². The number of amides is 1. The molecule has 0 spiro atoms. The van der Waals surface area contributed by atoms with Gasteiger partial charge in [0.2, 0.25) is 11.8 Å². The number of ether oxygens (including phenoxy) is 1. The second-order valence-corrected chi connectivity index (χ2v) is 5.84. The highest BCUT2D eigenvalue weighted by atomic mass is 19.1. The van der Waals surface area contributed by atoms with E-state index in [0.717, 1.165) is 0 Å². The van der Waals surface area contributed by atoms with E-state index in [9.17, 15) is 14.4 Å². The summed E-state index contributed by atoms with van der Waals surface area (Å²) in [5, 5.41) is 12.0. The molecule has 2 aromatic heterocycles. The molecule has 2 heterocycles. The Labute approximate surface area is 155 Å². The zero-order chi connectivity index (χ0) is 19.6. The first-order valence-corrected chi connectivity index (χ1v) is 8.06. The molecule has 1 aromatic carbocycles. The van der Waals surface area contributed by atoms with Gasteiger partial charge in [-0.15, -0.1) is 0 Å². The van der Waals surface area contributed by atoms with E-state index in [-0.39, 0.29) is 28.6 Å². The monoisotopic (exact) mass is 365 g/mol. The third kappa shape index (κ3) is 3.65. The van der Waals surface area contributed by atoms with Gasteiger partial charge in [-0.2, -0.15) is 5.26 Å². The van der Waals surface area contributed by atoms with E-state index in [1.807, 2.05) is 0 Å². The Morgan fingerprint density at radius 2 is 2.04 bits per heavy atom. The molecule has 0 atom stereocenters. The smallest absolute Gasteiger partial charge is 0.232 e. The lowest BCUT2D eigenvalue weighted by atomic mass is 10.0. The molecule has 0 radical (unpaired) electrons. The molecule has 0 saturated heterocycles. The molecular formula is C20H16FN3O3. The minimum atomic E-state index is -0.568. The molecule has 136 valence electrons. The van der Waals surface area contributed by atoms with E-state index >= 15 is 0 Å². The number of nitriles is 1. The van der Waals surface area contributed by atoms with Crippen molar-refractivity contribution < 1.29 is 18.3 Å². The maximum absolute atomic E-state index is 14.6. The Morgan fingerprint density at radius 1 is 1.26 bits per heavy atom. The number of aryl methyl sites for hydroxylation is 1. The zero-order valence-corrected chi connectivity index (χ0v) is 15.0. The standard InChI is InChI=1S/C20H16FN3O3/c1-11-4-7-19(27-11)15-9-18(24-20(26-3)16(15)10-22)14-6-5-13(8-17(14)21)23-12(2)25/h4-9H,1-3H3,(H,23,25). The number of methoxy groups -OCH3 is 1. The van der Waals surface area contributed by atoms with Crippen molar-refractivity contribution in [2.24, 2.45) is 0 Å². The number of hydrogen-bond donors (Lipinski definition) is 1. The van der Waals surface area contributed by atoms with Gasteiger partial charge in [-0.3, -0.25) is 4.79 Å². The van der Waals surface area contributed by atoms with Crippen LogP contribution in [-0.4, -0.2) is 18.0 Å². The molecule has 1 amide bonds. The van der Waals surface area contributed by atoms with Crippen molar-refractivity contribution in [2.75, 3.05) is 12.4 Å². The van der Waals surface area contributed by atoms with Crippen LogP contribution in [0.5, 0.6) is 5.88 Å². The molecule has 6 nitrogen and oxygen atoms in total. The maximum atomic E-state index is 14.6. The van der Waals surface area contributed by atoms with E-state index < -0.39 is 5.82 Å². The summed E-state index contributed by atoms with van der Waals surface area (Å²) < 4.78 is 25.5. The van der Waals surface area contributed by atoms with E-state index in [1.165, 1.54) is 26.2 Å². The summed E-state index contributed by atoms with van der Waals surface area (Å²) in [6.45, 7) is 3.13. The summed E-state index contributed by atoms with van der Waals surface area (Å²) in [5.74, 6) is 0.348. The molecule has 0 saturated carbocycles. The fourth-order valence-electron chi connectivity index (χ4n) is 2.69. The number of furan rings is 1. The first-order chi connectivity index (χ1) is 12.9. The zero-order valence-electron chi connectivity index (χ0n) is 15.0. The van der Waals surface area contributed by atoms with Crippen molar-refractivity contribution in [3.8, 4) is 34.5 Å². The number of benzene rings is 1. The molecule has 0 fully saturated rings. The second-order valence-electron chi connectivity index (χ2n) is 5.84. The number of nitrogens with one attached hydrogen (secondary N) is 1. The van der Waals surface area contributed by atoms with Gasteiger partial charge in [0.15, 0.2) is 0 Å². The number of carbonyl (C=O) groups is 1. The second kappa shape index (κ2) is 7.30. The fraction of sp³-hybridized carbons (Fsp3) is 0.150. The highest BCUT2D eigenvalue weighted by Gasteiger charge is 2.19. The van der Waals surface area contributed by atoms with Crippen LogP contribution in [0.25, 0.3) is 22.6 Å². The lowest BCUT2D eigenvalue weighted by Crippen LogP contribution is -2.06. The van der Waals surface area contributed by atoms with Crippen molar-refractivity contribution in [1.29, 1.82) is 5.26 Å². The van der Waals surface area contributed by atoms with Crippen LogP contribution in [0, 0.1) is 24.1 Å². The average Bonchev–Trinajstić information content (AvgIpc) is 3.06. The Balaban J connectivity index is 2.17. The predicted molar refractivity (Wildman–Crippen MR) is 97.6 cm³/mol. The molecular weight excluding hydrogens is 349 g/mol. The largest absolute Gasteiger partial charge is 0.480 e. The van der Waals surface area contributed by atoms with Gasteiger partial charge in [0, 0.05) is 23.7 Å². The third-order valence-corrected chi connectivity index (χ3v) is 3.86. The molecule has 3 rings (SSSR count). The van der Waals surface area contributed by atoms with Crippen LogP contribution < -0.4 is 10.1 Å². The minimum absolute atomic E-state index is 0.0735. The molecule has 0 bridgehead atoms. The molecule has 0 aliphatic rings. The van der Waals surface area contributed by atoms with E-state index in [4.69, 9.17) is 9.15 Å². The topological polar surface area (TPSA) is 88.2 Å². The maximum Gasteiger partial charge on any atom is 0.232 e. The third-order valence-electron chi connectivity index (χ3n) is 3.86. The van der Waals surface area contributed by atoms with E-state index in [0.29, 0.717) is 22.8 Å². The number of aromatic nitrogens is 1. The van der Waals surface area contributed by atoms with Crippen molar-refractivity contribution in [1.82, 2.24) is 4.98 Å². The molecule has 0 unspecified atom stereocenters. The summed E-state index contributed by atoms with van der Waals surface area (Å²) in [7, 11) is 1.39. The Hall–Kier alpha value is -3.66. The van der Waals surface area contributed by atoms with Crippen molar-refractivity contribution in [2.45, 2.75) is 13.8 Å². The molecule has 7 heteroatoms. The highest BCUT2D eigenvalue weighted by Crippen LogP contribution is 2.35. The lowest BCUT2D eigenvalue weighted by Gasteiger charge is -2.11. The summed E-state index contributed by atoms with van der Waals surface area (Å²) >= 11 is 0. The number of pyridine rings is 1. The van der Waals surface area contributed by atoms with E-state index in [1.54, 1.807) is 31.2 Å². The van der Waals surface area contributed by atoms with Gasteiger partial charge in [0.25, 0.3) is 0 Å². The molecule has 3 aromatic rings. The number of rotatable bonds is 4. The average molecular weight is 365 g/mol. The SMILES string of the molecule is COc1nc(-c2ccc(NC(C)=O)cc2F)cc(-c2ccc(C)o2)c1C#N. The summed E-state index contributed by atoms with van der Waals surface area (Å²) in [5.41, 5.74) is 1.48. The number of halogens is 1. The quantitative estimate of drug-likeness (QED) is 0.745. The van der Waals surface area contributed by atoms with Gasteiger partial charge >= 0.3 is 0 Å². The Bertz CT molecular complexity index is 1070. The van der Waals surface area contributed by atoms with Crippen LogP contribution in [0.1, 0.15) is 18.2 Å². The van der Waals surface area contributed by atoms with Crippen molar-refractivity contribution in [3.05, 3.63) is 53.5 Å². The van der Waals surface area contributed by atoms with Crippen LogP contribution >= 0.6 is 0 Å². The van der Waals surface area contributed by atoms with Gasteiger partial charge < -0.3 is 14.5 Å². The molecule has 1 N–H and O–H groups in total. The lowest BCUT2D eigenvalue weighted by molar-refractivity contribution is -0.114. The summed E-state index contributed by atoms with van der Waals surface area (Å²) in [6.07, 6.45) is 0. The fourth-order valence-corrected chi connectivity index (χ4v) is 2.69. The van der Waals surface area contributed by atoms with E-state index in [2.05, 4.69) is 16.4 Å². The number of anilines is 1. The normalized spacial score (nSPS) is 10.3. The van der Waals surface area contributed by atoms with Crippen LogP contribution in [0.4, 0.5) is 10.1 Å². The van der Waals surface area contributed by atoms with Gasteiger partial charge in [0.05, 0.1) is 12.8 Å². The van der Waals surface area contributed by atoms with Crippen molar-refractivity contribution in [3.63, 3.8) is 0 Å². The van der Waals surface area contributed by atoms with Crippen LogP contribution in [0.3, 0.4) is 0 Å². The summed E-state index contributed by atoms with van der Waals surface area (Å²) in [4.78, 5) is 15.4. The van der Waals surface area contributed by atoms with Gasteiger partial charge in [-0.1, -0.05) is 0 Å². The Kier molecular flexibility index (Phi) is 4.90. The van der Waals surface area contributed by atoms with Gasteiger partial charge in [-0.05, 0) is 43.3 Å². The van der Waals surface area contributed by atoms with Gasteiger partial charge in [-0.25, -0.2) is 9.37 Å². The molecule has 0 aliphatic carbocycles. The molecule has 0 aliphatic heterocycles. The van der Waals surface area contributed by atoms with Crippen LogP contribution in [-0.2, 0) is 4.79 Å². The van der Waals surface area contributed by atoms with Crippen LogP contribution in [0.2, 0.25) is 0 Å². The number of nitrogens with zero attached hydrogens (tertiary/aromatic N) is 2. The van der Waals surface area contributed by atoms with Gasteiger partial charge in [0.1, 0.15) is 29.0 Å². The number of carbonyl (C=O) groups excluding carboxylic acids is 1. The molecule has 27 heavy (non-hydrogen) atoms. The van der Waals surface area contributed by atoms with Crippen LogP contribution in [0.15, 0.2) is 40.8 Å². The highest BCUT2D eigenvalue weighted by molar-refractivity contribution is 5.89. The number of hydrogen-bond acceptors (Lipinski definition) is 5. The summed E-state index contributed by atoms with van der Waals surface area (Å²) in [6, 6.07) is 11.4. The predicted octanol–water partition coefficient (Wildman–Crippen LogP) is 4.29.